The summed E-state index contributed by atoms with van der Waals surface area (Å²) in [7, 11) is 0. The number of hydrogen-bond donors (Lipinski definition) is 1. The first-order valence-electron chi connectivity index (χ1n) is 5.83. The molecule has 0 radical (unpaired) electrons. The van der Waals surface area contributed by atoms with Gasteiger partial charge in [0.15, 0.2) is 0 Å². The summed E-state index contributed by atoms with van der Waals surface area (Å²) in [5, 5.41) is 3.70. The fourth-order valence-corrected chi connectivity index (χ4v) is 2.40. The van der Waals surface area contributed by atoms with Crippen LogP contribution in [-0.4, -0.2) is 25.8 Å². The first-order valence-corrected chi connectivity index (χ1v) is 5.83. The predicted molar refractivity (Wildman–Crippen MR) is 58.3 cm³/mol. The van der Waals surface area contributed by atoms with Crippen LogP contribution in [0.15, 0.2) is 0 Å². The average Bonchev–Trinajstić information content (AvgIpc) is 2.76. The molecule has 1 saturated heterocycles. The van der Waals surface area contributed by atoms with Crippen LogP contribution in [0, 0.1) is 10.8 Å². The molecule has 1 saturated carbocycles. The van der Waals surface area contributed by atoms with E-state index in [0.29, 0.717) is 10.8 Å². The van der Waals surface area contributed by atoms with Crippen molar-refractivity contribution in [2.24, 2.45) is 10.8 Å². The zero-order valence-corrected chi connectivity index (χ0v) is 9.73. The first-order chi connectivity index (χ1) is 6.52. The zero-order chi connectivity index (χ0) is 10.2. The molecule has 1 spiro atoms. The van der Waals surface area contributed by atoms with Crippen LogP contribution >= 0.6 is 0 Å². The van der Waals surface area contributed by atoms with Gasteiger partial charge >= 0.3 is 0 Å². The molecule has 1 unspecified atom stereocenters. The summed E-state index contributed by atoms with van der Waals surface area (Å²) in [5.41, 5.74) is 1.04. The Hall–Kier alpha value is -0.0800. The molecule has 0 aromatic rings. The van der Waals surface area contributed by atoms with Crippen molar-refractivity contribution in [3.05, 3.63) is 0 Å². The van der Waals surface area contributed by atoms with Crippen molar-refractivity contribution in [3.63, 3.8) is 0 Å². The lowest BCUT2D eigenvalue weighted by Crippen LogP contribution is -2.33. The molecule has 2 nitrogen and oxygen atoms in total. The molecule has 1 aliphatic carbocycles. The third-order valence-corrected chi connectivity index (χ3v) is 3.56. The van der Waals surface area contributed by atoms with Gasteiger partial charge in [0.2, 0.25) is 0 Å². The molecule has 2 rings (SSSR count). The van der Waals surface area contributed by atoms with E-state index < -0.39 is 0 Å². The van der Waals surface area contributed by atoms with E-state index in [1.807, 2.05) is 0 Å². The molecule has 0 aromatic carbocycles. The summed E-state index contributed by atoms with van der Waals surface area (Å²) in [5.74, 6) is 0. The second kappa shape index (κ2) is 3.49. The molecule has 14 heavy (non-hydrogen) atoms. The minimum atomic E-state index is 0.412. The highest BCUT2D eigenvalue weighted by Gasteiger charge is 2.53. The Kier molecular flexibility index (Phi) is 2.61. The summed E-state index contributed by atoms with van der Waals surface area (Å²) in [6.07, 6.45) is 3.93. The fourth-order valence-electron chi connectivity index (χ4n) is 2.40. The van der Waals surface area contributed by atoms with E-state index in [1.54, 1.807) is 0 Å². The van der Waals surface area contributed by atoms with Crippen molar-refractivity contribution in [1.29, 1.82) is 0 Å². The first kappa shape index (κ1) is 10.4. The second-order valence-corrected chi connectivity index (χ2v) is 6.17. The Labute approximate surface area is 87.4 Å². The van der Waals surface area contributed by atoms with E-state index in [-0.39, 0.29) is 0 Å². The lowest BCUT2D eigenvalue weighted by Gasteiger charge is -2.25. The van der Waals surface area contributed by atoms with Crippen LogP contribution in [0.3, 0.4) is 0 Å². The number of ether oxygens (including phenoxy) is 1. The minimum absolute atomic E-state index is 0.412. The SMILES string of the molecule is CC(C)(C)CNC1CC12CCOCC2. The standard InChI is InChI=1S/C12H23NO/c1-11(2,3)9-13-10-8-12(10)4-6-14-7-5-12/h10,13H,4-9H2,1-3H3. The zero-order valence-electron chi connectivity index (χ0n) is 9.73. The van der Waals surface area contributed by atoms with Crippen molar-refractivity contribution in [1.82, 2.24) is 5.32 Å². The molecule has 1 N–H and O–H groups in total. The maximum atomic E-state index is 5.41. The Morgan fingerprint density at radius 3 is 2.50 bits per heavy atom. The lowest BCUT2D eigenvalue weighted by atomic mass is 9.94. The molecule has 0 bridgehead atoms. The van der Waals surface area contributed by atoms with E-state index >= 15 is 0 Å². The van der Waals surface area contributed by atoms with E-state index in [4.69, 9.17) is 4.74 Å². The lowest BCUT2D eigenvalue weighted by molar-refractivity contribution is 0.0539. The van der Waals surface area contributed by atoms with Gasteiger partial charge in [-0.25, -0.2) is 0 Å². The molecule has 0 amide bonds. The van der Waals surface area contributed by atoms with Gasteiger partial charge < -0.3 is 10.1 Å². The molecule has 0 aromatic heterocycles. The largest absolute Gasteiger partial charge is 0.381 e. The summed E-state index contributed by atoms with van der Waals surface area (Å²) >= 11 is 0. The quantitative estimate of drug-likeness (QED) is 0.732. The third-order valence-electron chi connectivity index (χ3n) is 3.56. The van der Waals surface area contributed by atoms with Gasteiger partial charge in [0, 0.05) is 25.8 Å². The van der Waals surface area contributed by atoms with E-state index in [2.05, 4.69) is 26.1 Å². The van der Waals surface area contributed by atoms with Gasteiger partial charge in [0.1, 0.15) is 0 Å². The Balaban J connectivity index is 1.75. The van der Waals surface area contributed by atoms with Crippen LogP contribution in [0.1, 0.15) is 40.0 Å². The molecule has 2 aliphatic rings. The van der Waals surface area contributed by atoms with Gasteiger partial charge in [-0.3, -0.25) is 0 Å². The van der Waals surface area contributed by atoms with Gasteiger partial charge in [-0.05, 0) is 30.1 Å². The highest BCUT2D eigenvalue weighted by Crippen LogP contribution is 2.53. The molecule has 2 heteroatoms. The fraction of sp³-hybridized carbons (Fsp3) is 1.00. The monoisotopic (exact) mass is 197 g/mol. The van der Waals surface area contributed by atoms with Gasteiger partial charge in [-0.1, -0.05) is 20.8 Å². The topological polar surface area (TPSA) is 21.3 Å². The molecular formula is C12H23NO. The van der Waals surface area contributed by atoms with Gasteiger partial charge in [-0.2, -0.15) is 0 Å². The van der Waals surface area contributed by atoms with Crippen LogP contribution < -0.4 is 5.32 Å². The van der Waals surface area contributed by atoms with Gasteiger partial charge in [0.05, 0.1) is 0 Å². The minimum Gasteiger partial charge on any atom is -0.381 e. The van der Waals surface area contributed by atoms with Crippen LogP contribution in [0.5, 0.6) is 0 Å². The van der Waals surface area contributed by atoms with Crippen molar-refractivity contribution in [3.8, 4) is 0 Å². The Bertz CT molecular complexity index is 201. The summed E-state index contributed by atoms with van der Waals surface area (Å²) in [6.45, 7) is 9.97. The normalized spacial score (nSPS) is 30.6. The Morgan fingerprint density at radius 1 is 1.29 bits per heavy atom. The average molecular weight is 197 g/mol. The number of rotatable bonds is 2. The van der Waals surface area contributed by atoms with Crippen LogP contribution in [0.25, 0.3) is 0 Å². The highest BCUT2D eigenvalue weighted by atomic mass is 16.5. The molecule has 1 aliphatic heterocycles. The number of hydrogen-bond acceptors (Lipinski definition) is 2. The number of nitrogens with one attached hydrogen (secondary N) is 1. The smallest absolute Gasteiger partial charge is 0.0471 e. The second-order valence-electron chi connectivity index (χ2n) is 6.17. The Morgan fingerprint density at radius 2 is 1.93 bits per heavy atom. The molecule has 2 fully saturated rings. The summed E-state index contributed by atoms with van der Waals surface area (Å²) < 4.78 is 5.41. The van der Waals surface area contributed by atoms with Crippen molar-refractivity contribution >= 4 is 0 Å². The molecule has 82 valence electrons. The van der Waals surface area contributed by atoms with Crippen LogP contribution in [0.4, 0.5) is 0 Å². The highest BCUT2D eigenvalue weighted by molar-refractivity contribution is 5.08. The molecule has 1 heterocycles. The molecular weight excluding hydrogens is 174 g/mol. The maximum absolute atomic E-state index is 5.41. The van der Waals surface area contributed by atoms with Crippen LogP contribution in [-0.2, 0) is 4.74 Å². The van der Waals surface area contributed by atoms with Gasteiger partial charge in [0.25, 0.3) is 0 Å². The molecule has 1 atom stereocenters. The van der Waals surface area contributed by atoms with Crippen LogP contribution in [0.2, 0.25) is 0 Å². The maximum Gasteiger partial charge on any atom is 0.0471 e. The van der Waals surface area contributed by atoms with E-state index in [1.165, 1.54) is 19.3 Å². The van der Waals surface area contributed by atoms with E-state index in [9.17, 15) is 0 Å². The van der Waals surface area contributed by atoms with Gasteiger partial charge in [-0.15, -0.1) is 0 Å². The van der Waals surface area contributed by atoms with Crippen molar-refractivity contribution in [2.75, 3.05) is 19.8 Å². The third kappa shape index (κ3) is 2.29. The van der Waals surface area contributed by atoms with E-state index in [0.717, 1.165) is 25.8 Å². The summed E-state index contributed by atoms with van der Waals surface area (Å²) in [6, 6.07) is 0.783. The predicted octanol–water partition coefficient (Wildman–Crippen LogP) is 2.19. The van der Waals surface area contributed by atoms with Crippen molar-refractivity contribution < 1.29 is 4.74 Å². The van der Waals surface area contributed by atoms with Crippen molar-refractivity contribution in [2.45, 2.75) is 46.1 Å². The summed E-state index contributed by atoms with van der Waals surface area (Å²) in [4.78, 5) is 0.